The van der Waals surface area contributed by atoms with Crippen LogP contribution >= 0.6 is 0 Å². The van der Waals surface area contributed by atoms with E-state index in [1.165, 1.54) is 0 Å². The van der Waals surface area contributed by atoms with Gasteiger partial charge in [0.25, 0.3) is 0 Å². The fourth-order valence-electron chi connectivity index (χ4n) is 2.35. The average molecular weight is 243 g/mol. The second-order valence-corrected chi connectivity index (χ2v) is 4.85. The molecule has 3 heterocycles. The quantitative estimate of drug-likeness (QED) is 0.880. The molecule has 0 aliphatic carbocycles. The molecule has 1 fully saturated rings. The molecule has 3 rings (SSSR count). The van der Waals surface area contributed by atoms with E-state index in [1.807, 2.05) is 32.0 Å². The van der Waals surface area contributed by atoms with E-state index in [9.17, 15) is 0 Å². The minimum atomic E-state index is 0.430. The van der Waals surface area contributed by atoms with Gasteiger partial charge in [-0.2, -0.15) is 0 Å². The number of furan rings is 1. The van der Waals surface area contributed by atoms with Crippen molar-refractivity contribution < 1.29 is 4.42 Å². The Morgan fingerprint density at radius 3 is 2.83 bits per heavy atom. The molecule has 0 saturated carbocycles. The number of hydrogen-bond donors (Lipinski definition) is 1. The molecule has 4 heteroatoms. The van der Waals surface area contributed by atoms with Crippen molar-refractivity contribution in [2.24, 2.45) is 0 Å². The molecule has 1 unspecified atom stereocenters. The maximum Gasteiger partial charge on any atom is 0.152 e. The number of aryl methyl sites for hydroxylation is 2. The largest absolute Gasteiger partial charge is 0.460 e. The van der Waals surface area contributed by atoms with E-state index in [4.69, 9.17) is 4.42 Å². The molecule has 0 aromatic carbocycles. The summed E-state index contributed by atoms with van der Waals surface area (Å²) < 4.78 is 5.64. The third-order valence-corrected chi connectivity index (χ3v) is 3.29. The van der Waals surface area contributed by atoms with Gasteiger partial charge in [0.05, 0.1) is 0 Å². The van der Waals surface area contributed by atoms with Crippen LogP contribution in [-0.4, -0.2) is 23.1 Å². The first-order valence-electron chi connectivity index (χ1n) is 6.35. The summed E-state index contributed by atoms with van der Waals surface area (Å²) in [6.45, 7) is 5.98. The second-order valence-electron chi connectivity index (χ2n) is 4.85. The number of nitrogens with zero attached hydrogens (tertiary/aromatic N) is 2. The molecule has 1 aliphatic heterocycles. The molecular formula is C14H17N3O. The summed E-state index contributed by atoms with van der Waals surface area (Å²) in [4.78, 5) is 9.21. The highest BCUT2D eigenvalue weighted by Gasteiger charge is 2.20. The molecule has 0 amide bonds. The van der Waals surface area contributed by atoms with Gasteiger partial charge >= 0.3 is 0 Å². The predicted molar refractivity (Wildman–Crippen MR) is 69.4 cm³/mol. The first-order chi connectivity index (χ1) is 8.72. The maximum atomic E-state index is 5.64. The van der Waals surface area contributed by atoms with E-state index in [0.29, 0.717) is 5.92 Å². The van der Waals surface area contributed by atoms with Crippen LogP contribution in [0, 0.1) is 13.8 Å². The average Bonchev–Trinajstić information content (AvgIpc) is 2.98. The molecule has 2 aromatic rings. The van der Waals surface area contributed by atoms with E-state index in [2.05, 4.69) is 15.3 Å². The summed E-state index contributed by atoms with van der Waals surface area (Å²) in [6.07, 6.45) is 1.11. The lowest BCUT2D eigenvalue weighted by Gasteiger charge is -2.09. The first-order valence-corrected chi connectivity index (χ1v) is 6.35. The minimum absolute atomic E-state index is 0.430. The summed E-state index contributed by atoms with van der Waals surface area (Å²) in [5.41, 5.74) is 1.88. The number of aromatic nitrogens is 2. The van der Waals surface area contributed by atoms with Crippen molar-refractivity contribution in [3.63, 3.8) is 0 Å². The van der Waals surface area contributed by atoms with Crippen LogP contribution in [0.25, 0.3) is 11.5 Å². The molecule has 1 atom stereocenters. The standard InChI is InChI=1S/C14H17N3O/c1-9-7-12(13-4-3-10(2)18-13)17-14(16-9)11-5-6-15-8-11/h3-4,7,11,15H,5-6,8H2,1-2H3. The van der Waals surface area contributed by atoms with Gasteiger partial charge in [0.1, 0.15) is 17.3 Å². The van der Waals surface area contributed by atoms with Crippen molar-refractivity contribution in [3.05, 3.63) is 35.5 Å². The van der Waals surface area contributed by atoms with Gasteiger partial charge in [0.2, 0.25) is 0 Å². The monoisotopic (exact) mass is 243 g/mol. The Morgan fingerprint density at radius 2 is 2.17 bits per heavy atom. The van der Waals surface area contributed by atoms with Crippen molar-refractivity contribution >= 4 is 0 Å². The van der Waals surface area contributed by atoms with Gasteiger partial charge in [-0.3, -0.25) is 0 Å². The molecule has 4 nitrogen and oxygen atoms in total. The van der Waals surface area contributed by atoms with Crippen LogP contribution in [0.4, 0.5) is 0 Å². The lowest BCUT2D eigenvalue weighted by molar-refractivity contribution is 0.545. The third-order valence-electron chi connectivity index (χ3n) is 3.29. The highest BCUT2D eigenvalue weighted by atomic mass is 16.3. The van der Waals surface area contributed by atoms with Crippen LogP contribution in [-0.2, 0) is 0 Å². The topological polar surface area (TPSA) is 51.0 Å². The van der Waals surface area contributed by atoms with Crippen molar-refractivity contribution in [1.29, 1.82) is 0 Å². The SMILES string of the molecule is Cc1cc(-c2ccc(C)o2)nc(C2CCNC2)n1. The molecule has 1 saturated heterocycles. The second kappa shape index (κ2) is 4.53. The lowest BCUT2D eigenvalue weighted by atomic mass is 10.1. The van der Waals surface area contributed by atoms with Gasteiger partial charge < -0.3 is 9.73 Å². The zero-order valence-electron chi connectivity index (χ0n) is 10.7. The van der Waals surface area contributed by atoms with Gasteiger partial charge in [-0.05, 0) is 45.0 Å². The van der Waals surface area contributed by atoms with E-state index < -0.39 is 0 Å². The van der Waals surface area contributed by atoms with E-state index >= 15 is 0 Å². The van der Waals surface area contributed by atoms with Crippen LogP contribution in [0.1, 0.15) is 29.6 Å². The molecule has 1 N–H and O–H groups in total. The van der Waals surface area contributed by atoms with Crippen LogP contribution in [0.3, 0.4) is 0 Å². The summed E-state index contributed by atoms with van der Waals surface area (Å²) >= 11 is 0. The van der Waals surface area contributed by atoms with Crippen LogP contribution < -0.4 is 5.32 Å². The van der Waals surface area contributed by atoms with Crippen molar-refractivity contribution in [2.45, 2.75) is 26.2 Å². The fraction of sp³-hybridized carbons (Fsp3) is 0.429. The maximum absolute atomic E-state index is 5.64. The summed E-state index contributed by atoms with van der Waals surface area (Å²) in [5.74, 6) is 3.10. The van der Waals surface area contributed by atoms with Gasteiger partial charge in [0.15, 0.2) is 5.76 Å². The molecule has 1 aliphatic rings. The van der Waals surface area contributed by atoms with Crippen molar-refractivity contribution in [2.75, 3.05) is 13.1 Å². The van der Waals surface area contributed by atoms with E-state index in [1.54, 1.807) is 0 Å². The predicted octanol–water partition coefficient (Wildman–Crippen LogP) is 2.43. The summed E-state index contributed by atoms with van der Waals surface area (Å²) in [6, 6.07) is 5.90. The third kappa shape index (κ3) is 2.16. The first kappa shape index (κ1) is 11.4. The van der Waals surface area contributed by atoms with Gasteiger partial charge in [-0.25, -0.2) is 9.97 Å². The Kier molecular flexibility index (Phi) is 2.88. The number of rotatable bonds is 2. The summed E-state index contributed by atoms with van der Waals surface area (Å²) in [5, 5.41) is 3.35. The zero-order valence-corrected chi connectivity index (χ0v) is 10.7. The van der Waals surface area contributed by atoms with Gasteiger partial charge in [-0.15, -0.1) is 0 Å². The van der Waals surface area contributed by atoms with Crippen molar-refractivity contribution in [1.82, 2.24) is 15.3 Å². The molecular weight excluding hydrogens is 226 g/mol. The van der Waals surface area contributed by atoms with Crippen LogP contribution in [0.2, 0.25) is 0 Å². The Labute approximate surface area is 106 Å². The van der Waals surface area contributed by atoms with E-state index in [-0.39, 0.29) is 0 Å². The smallest absolute Gasteiger partial charge is 0.152 e. The van der Waals surface area contributed by atoms with Crippen molar-refractivity contribution in [3.8, 4) is 11.5 Å². The minimum Gasteiger partial charge on any atom is -0.460 e. The van der Waals surface area contributed by atoms with Crippen LogP contribution in [0.5, 0.6) is 0 Å². The summed E-state index contributed by atoms with van der Waals surface area (Å²) in [7, 11) is 0. The Hall–Kier alpha value is -1.68. The highest BCUT2D eigenvalue weighted by Crippen LogP contribution is 2.24. The normalized spacial score (nSPS) is 19.3. The fourth-order valence-corrected chi connectivity index (χ4v) is 2.35. The highest BCUT2D eigenvalue weighted by molar-refractivity contribution is 5.52. The molecule has 94 valence electrons. The van der Waals surface area contributed by atoms with E-state index in [0.717, 1.165) is 48.2 Å². The zero-order chi connectivity index (χ0) is 12.5. The molecule has 18 heavy (non-hydrogen) atoms. The molecule has 0 radical (unpaired) electrons. The number of nitrogens with one attached hydrogen (secondary N) is 1. The van der Waals surface area contributed by atoms with Gasteiger partial charge in [-0.1, -0.05) is 0 Å². The number of hydrogen-bond acceptors (Lipinski definition) is 4. The van der Waals surface area contributed by atoms with Crippen LogP contribution in [0.15, 0.2) is 22.6 Å². The molecule has 2 aromatic heterocycles. The Balaban J connectivity index is 1.99. The van der Waals surface area contributed by atoms with Gasteiger partial charge in [0, 0.05) is 18.2 Å². The Bertz CT molecular complexity index is 556. The lowest BCUT2D eigenvalue weighted by Crippen LogP contribution is -2.11. The molecule has 0 spiro atoms. The Morgan fingerprint density at radius 1 is 1.28 bits per heavy atom. The molecule has 0 bridgehead atoms.